The fraction of sp³-hybridized carbons (Fsp3) is 0.364. The van der Waals surface area contributed by atoms with E-state index in [1.165, 1.54) is 4.90 Å². The number of carbonyl (C=O) groups is 1. The Morgan fingerprint density at radius 3 is 2.69 bits per heavy atom. The molecule has 1 heterocycles. The highest BCUT2D eigenvalue weighted by atomic mass is 32.1. The molecule has 0 bridgehead atoms. The maximum absolute atomic E-state index is 12.2. The molecule has 1 aromatic heterocycles. The average Bonchev–Trinajstić information content (AvgIpc) is 3.09. The van der Waals surface area contributed by atoms with Gasteiger partial charge < -0.3 is 5.73 Å². The second-order valence-electron chi connectivity index (χ2n) is 4.00. The number of aromatic nitrogens is 1. The van der Waals surface area contributed by atoms with Crippen molar-refractivity contribution in [3.63, 3.8) is 0 Å². The molecule has 1 amide bonds. The Bertz CT molecular complexity index is 428. The van der Waals surface area contributed by atoms with Crippen molar-refractivity contribution >= 4 is 28.9 Å². The number of anilines is 1. The zero-order valence-electron chi connectivity index (χ0n) is 9.01. The predicted molar refractivity (Wildman–Crippen MR) is 66.1 cm³/mol. The molecule has 0 atom stereocenters. The number of thiocarbonyl (C=S) groups is 1. The largest absolute Gasteiger partial charge is 0.392 e. The summed E-state index contributed by atoms with van der Waals surface area (Å²) in [4.78, 5) is 18.1. The summed E-state index contributed by atoms with van der Waals surface area (Å²) < 4.78 is 0. The molecule has 0 saturated heterocycles. The van der Waals surface area contributed by atoms with Gasteiger partial charge in [-0.05, 0) is 25.0 Å². The molecular formula is C11H13N3OS. The Morgan fingerprint density at radius 1 is 1.56 bits per heavy atom. The highest BCUT2D eigenvalue weighted by molar-refractivity contribution is 7.80. The first-order chi connectivity index (χ1) is 7.58. The van der Waals surface area contributed by atoms with Crippen molar-refractivity contribution in [2.24, 2.45) is 11.1 Å². The average molecular weight is 235 g/mol. The van der Waals surface area contributed by atoms with Crippen molar-refractivity contribution in [1.29, 1.82) is 0 Å². The van der Waals surface area contributed by atoms with Gasteiger partial charge in [0, 0.05) is 13.2 Å². The van der Waals surface area contributed by atoms with Gasteiger partial charge in [0.2, 0.25) is 5.91 Å². The van der Waals surface area contributed by atoms with E-state index in [4.69, 9.17) is 18.0 Å². The number of hydrogen-bond donors (Lipinski definition) is 1. The molecule has 1 fully saturated rings. The molecule has 1 aliphatic rings. The second kappa shape index (κ2) is 3.83. The summed E-state index contributed by atoms with van der Waals surface area (Å²) >= 11 is 4.95. The summed E-state index contributed by atoms with van der Waals surface area (Å²) in [6, 6.07) is 5.43. The van der Waals surface area contributed by atoms with Gasteiger partial charge in [-0.25, -0.2) is 4.98 Å². The van der Waals surface area contributed by atoms with Crippen LogP contribution in [0.4, 0.5) is 5.82 Å². The minimum Gasteiger partial charge on any atom is -0.392 e. The number of pyridine rings is 1. The molecular weight excluding hydrogens is 222 g/mol. The first-order valence-corrected chi connectivity index (χ1v) is 5.48. The van der Waals surface area contributed by atoms with Gasteiger partial charge in [-0.1, -0.05) is 18.3 Å². The first kappa shape index (κ1) is 11.0. The van der Waals surface area contributed by atoms with Crippen LogP contribution in [0.1, 0.15) is 12.8 Å². The van der Waals surface area contributed by atoms with Crippen LogP contribution in [-0.2, 0) is 4.79 Å². The number of nitrogens with two attached hydrogens (primary N) is 1. The fourth-order valence-electron chi connectivity index (χ4n) is 1.67. The van der Waals surface area contributed by atoms with Crippen molar-refractivity contribution in [3.8, 4) is 0 Å². The third-order valence-electron chi connectivity index (χ3n) is 2.93. The monoisotopic (exact) mass is 235 g/mol. The van der Waals surface area contributed by atoms with Crippen LogP contribution < -0.4 is 10.6 Å². The molecule has 2 N–H and O–H groups in total. The van der Waals surface area contributed by atoms with E-state index in [-0.39, 0.29) is 5.91 Å². The third-order valence-corrected chi connectivity index (χ3v) is 3.32. The summed E-state index contributed by atoms with van der Waals surface area (Å²) in [6.45, 7) is 0. The molecule has 0 aromatic carbocycles. The van der Waals surface area contributed by atoms with Crippen LogP contribution >= 0.6 is 12.2 Å². The van der Waals surface area contributed by atoms with E-state index < -0.39 is 5.41 Å². The van der Waals surface area contributed by atoms with Gasteiger partial charge in [0.1, 0.15) is 5.82 Å². The summed E-state index contributed by atoms with van der Waals surface area (Å²) in [5.41, 5.74) is 5.00. The number of nitrogens with zero attached hydrogens (tertiary/aromatic N) is 2. The molecule has 1 aromatic rings. The van der Waals surface area contributed by atoms with Gasteiger partial charge in [0.25, 0.3) is 0 Å². The summed E-state index contributed by atoms with van der Waals surface area (Å²) in [5.74, 6) is 0.564. The zero-order chi connectivity index (χ0) is 11.8. The van der Waals surface area contributed by atoms with Crippen molar-refractivity contribution in [2.75, 3.05) is 11.9 Å². The van der Waals surface area contributed by atoms with Crippen molar-refractivity contribution < 1.29 is 4.79 Å². The van der Waals surface area contributed by atoms with Gasteiger partial charge in [-0.2, -0.15) is 0 Å². The quantitative estimate of drug-likeness (QED) is 0.797. The van der Waals surface area contributed by atoms with Gasteiger partial charge in [-0.15, -0.1) is 0 Å². The van der Waals surface area contributed by atoms with E-state index in [0.29, 0.717) is 10.8 Å². The highest BCUT2D eigenvalue weighted by Gasteiger charge is 2.54. The lowest BCUT2D eigenvalue weighted by Gasteiger charge is -2.21. The Balaban J connectivity index is 2.21. The van der Waals surface area contributed by atoms with Crippen LogP contribution in [-0.4, -0.2) is 22.9 Å². The van der Waals surface area contributed by atoms with E-state index in [0.717, 1.165) is 12.8 Å². The molecule has 1 saturated carbocycles. The van der Waals surface area contributed by atoms with Gasteiger partial charge in [0.15, 0.2) is 0 Å². The molecule has 16 heavy (non-hydrogen) atoms. The van der Waals surface area contributed by atoms with Crippen LogP contribution in [0, 0.1) is 5.41 Å². The summed E-state index contributed by atoms with van der Waals surface area (Å²) in [5, 5.41) is 0. The Hall–Kier alpha value is -1.49. The Morgan fingerprint density at radius 2 is 2.25 bits per heavy atom. The van der Waals surface area contributed by atoms with Crippen molar-refractivity contribution in [3.05, 3.63) is 24.4 Å². The Kier molecular flexibility index (Phi) is 2.63. The minimum atomic E-state index is -0.610. The molecule has 0 aliphatic heterocycles. The van der Waals surface area contributed by atoms with Crippen LogP contribution in [0.2, 0.25) is 0 Å². The highest BCUT2D eigenvalue weighted by Crippen LogP contribution is 2.47. The van der Waals surface area contributed by atoms with Gasteiger partial charge >= 0.3 is 0 Å². The fourth-order valence-corrected chi connectivity index (χ4v) is 1.96. The van der Waals surface area contributed by atoms with E-state index in [1.54, 1.807) is 19.3 Å². The predicted octanol–water partition coefficient (Wildman–Crippen LogP) is 1.11. The molecule has 0 spiro atoms. The zero-order valence-corrected chi connectivity index (χ0v) is 9.83. The number of amides is 1. The number of hydrogen-bond acceptors (Lipinski definition) is 3. The summed E-state index contributed by atoms with van der Waals surface area (Å²) in [7, 11) is 1.70. The second-order valence-corrected chi connectivity index (χ2v) is 4.44. The van der Waals surface area contributed by atoms with E-state index in [9.17, 15) is 4.79 Å². The maximum Gasteiger partial charge on any atom is 0.240 e. The molecule has 0 radical (unpaired) electrons. The van der Waals surface area contributed by atoms with Gasteiger partial charge in [-0.3, -0.25) is 9.69 Å². The Labute approximate surface area is 99.5 Å². The maximum atomic E-state index is 12.2. The minimum absolute atomic E-state index is 0.0568. The lowest BCUT2D eigenvalue weighted by atomic mass is 10.1. The standard InChI is InChI=1S/C11H13N3OS/c1-14(8-4-2-3-7-13-8)10(15)11(5-6-11)9(12)16/h2-4,7H,5-6H2,1H3,(H2,12,16). The van der Waals surface area contributed by atoms with Crippen molar-refractivity contribution in [2.45, 2.75) is 12.8 Å². The van der Waals surface area contributed by atoms with Gasteiger partial charge in [0.05, 0.1) is 10.4 Å². The number of rotatable bonds is 3. The third kappa shape index (κ3) is 1.67. The smallest absolute Gasteiger partial charge is 0.240 e. The van der Waals surface area contributed by atoms with Crippen LogP contribution in [0.25, 0.3) is 0 Å². The lowest BCUT2D eigenvalue weighted by Crippen LogP contribution is -2.41. The molecule has 84 valence electrons. The molecule has 1 aliphatic carbocycles. The molecule has 5 heteroatoms. The van der Waals surface area contributed by atoms with Crippen LogP contribution in [0.15, 0.2) is 24.4 Å². The number of carbonyl (C=O) groups excluding carboxylic acids is 1. The summed E-state index contributed by atoms with van der Waals surface area (Å²) in [6.07, 6.45) is 3.15. The van der Waals surface area contributed by atoms with E-state index in [2.05, 4.69) is 4.98 Å². The SMILES string of the molecule is CN(C(=O)C1(C(N)=S)CC1)c1ccccn1. The topological polar surface area (TPSA) is 59.2 Å². The molecule has 0 unspecified atom stereocenters. The van der Waals surface area contributed by atoms with E-state index in [1.807, 2.05) is 12.1 Å². The molecule has 4 nitrogen and oxygen atoms in total. The van der Waals surface area contributed by atoms with Crippen molar-refractivity contribution in [1.82, 2.24) is 4.98 Å². The van der Waals surface area contributed by atoms with E-state index >= 15 is 0 Å². The lowest BCUT2D eigenvalue weighted by molar-refractivity contribution is -0.121. The first-order valence-electron chi connectivity index (χ1n) is 5.07. The normalized spacial score (nSPS) is 16.6. The molecule has 2 rings (SSSR count). The van der Waals surface area contributed by atoms with Crippen LogP contribution in [0.5, 0.6) is 0 Å². The van der Waals surface area contributed by atoms with Crippen LogP contribution in [0.3, 0.4) is 0 Å².